The molecule has 0 aromatic heterocycles. The minimum Gasteiger partial charge on any atom is -0.465 e. The first-order chi connectivity index (χ1) is 13.1. The summed E-state index contributed by atoms with van der Waals surface area (Å²) in [5.74, 6) is 0. The van der Waals surface area contributed by atoms with Gasteiger partial charge in [-0.2, -0.15) is 0 Å². The van der Waals surface area contributed by atoms with E-state index in [4.69, 9.17) is 0 Å². The molecule has 6 heteroatoms. The van der Waals surface area contributed by atoms with Crippen molar-refractivity contribution in [2.24, 2.45) is 0 Å². The van der Waals surface area contributed by atoms with Crippen LogP contribution in [-0.4, -0.2) is 52.7 Å². The normalized spacial score (nSPS) is 21.8. The summed E-state index contributed by atoms with van der Waals surface area (Å²) < 4.78 is 0. The van der Waals surface area contributed by atoms with Crippen molar-refractivity contribution < 1.29 is 14.7 Å². The average Bonchev–Trinajstić information content (AvgIpc) is 3.08. The van der Waals surface area contributed by atoms with E-state index in [1.165, 1.54) is 4.90 Å². The fourth-order valence-electron chi connectivity index (χ4n) is 4.24. The molecule has 4 rings (SSSR count). The number of hydrogen-bond acceptors (Lipinski definition) is 2. The van der Waals surface area contributed by atoms with E-state index in [-0.39, 0.29) is 12.1 Å². The Morgan fingerprint density at radius 3 is 2.19 bits per heavy atom. The Morgan fingerprint density at radius 2 is 1.63 bits per heavy atom. The molecule has 2 aromatic rings. The smallest absolute Gasteiger partial charge is 0.407 e. The number of likely N-dealkylation sites (tertiary alicyclic amines) is 1. The highest BCUT2D eigenvalue weighted by atomic mass is 16.4. The van der Waals surface area contributed by atoms with Crippen molar-refractivity contribution in [2.75, 3.05) is 19.6 Å². The maximum atomic E-state index is 13.0. The Balaban J connectivity index is 1.69. The lowest BCUT2D eigenvalue weighted by Gasteiger charge is -2.36. The Kier molecular flexibility index (Phi) is 4.48. The summed E-state index contributed by atoms with van der Waals surface area (Å²) in [4.78, 5) is 27.6. The third-order valence-electron chi connectivity index (χ3n) is 5.63. The molecule has 0 saturated carbocycles. The van der Waals surface area contributed by atoms with Gasteiger partial charge in [-0.1, -0.05) is 60.7 Å². The second-order valence-electron chi connectivity index (χ2n) is 7.22. The molecule has 2 N–H and O–H groups in total. The standard InChI is InChI=1S/C21H23N3O3/c25-19-22-21(16-8-3-1-4-9-16,17-10-5-2-6-11-17)15-24(19)18-12-7-13-23(14-18)20(26)27/h1-6,8-11,18H,7,12-15H2,(H,22,25)(H,26,27). The van der Waals surface area contributed by atoms with Crippen molar-refractivity contribution in [2.45, 2.75) is 24.4 Å². The Morgan fingerprint density at radius 1 is 1.04 bits per heavy atom. The van der Waals surface area contributed by atoms with E-state index < -0.39 is 11.6 Å². The van der Waals surface area contributed by atoms with Crippen LogP contribution in [-0.2, 0) is 5.54 Å². The van der Waals surface area contributed by atoms with Crippen LogP contribution in [0.25, 0.3) is 0 Å². The largest absolute Gasteiger partial charge is 0.465 e. The lowest BCUT2D eigenvalue weighted by Crippen LogP contribution is -2.50. The predicted octanol–water partition coefficient (Wildman–Crippen LogP) is 3.10. The Labute approximate surface area is 158 Å². The van der Waals surface area contributed by atoms with Gasteiger partial charge in [0.2, 0.25) is 0 Å². The Hall–Kier alpha value is -3.02. The minimum absolute atomic E-state index is 0.107. The number of urea groups is 1. The van der Waals surface area contributed by atoms with Gasteiger partial charge in [0, 0.05) is 13.1 Å². The van der Waals surface area contributed by atoms with Crippen molar-refractivity contribution >= 4 is 12.1 Å². The number of rotatable bonds is 3. The maximum absolute atomic E-state index is 13.0. The van der Waals surface area contributed by atoms with Gasteiger partial charge in [-0.25, -0.2) is 9.59 Å². The molecule has 0 bridgehead atoms. The topological polar surface area (TPSA) is 72.9 Å². The number of nitrogens with one attached hydrogen (secondary N) is 1. The molecule has 27 heavy (non-hydrogen) atoms. The van der Waals surface area contributed by atoms with Crippen LogP contribution in [0.15, 0.2) is 60.7 Å². The van der Waals surface area contributed by atoms with Crippen LogP contribution in [0.1, 0.15) is 24.0 Å². The van der Waals surface area contributed by atoms with Gasteiger partial charge in [0.1, 0.15) is 5.54 Å². The SMILES string of the molecule is O=C(O)N1CCCC(N2CC(c3ccccc3)(c3ccccc3)NC2=O)C1. The summed E-state index contributed by atoms with van der Waals surface area (Å²) in [5.41, 5.74) is 1.42. The quantitative estimate of drug-likeness (QED) is 0.878. The molecule has 2 saturated heterocycles. The van der Waals surface area contributed by atoms with Crippen LogP contribution in [0.4, 0.5) is 9.59 Å². The van der Waals surface area contributed by atoms with Crippen LogP contribution in [0, 0.1) is 0 Å². The highest BCUT2D eigenvalue weighted by molar-refractivity contribution is 5.80. The predicted molar refractivity (Wildman–Crippen MR) is 102 cm³/mol. The van der Waals surface area contributed by atoms with Gasteiger partial charge in [-0.3, -0.25) is 0 Å². The van der Waals surface area contributed by atoms with Gasteiger partial charge >= 0.3 is 12.1 Å². The van der Waals surface area contributed by atoms with Crippen LogP contribution in [0.2, 0.25) is 0 Å². The highest BCUT2D eigenvalue weighted by Gasteiger charge is 2.47. The molecule has 0 radical (unpaired) electrons. The van der Waals surface area contributed by atoms with Gasteiger partial charge in [0.15, 0.2) is 0 Å². The second-order valence-corrected chi connectivity index (χ2v) is 7.22. The zero-order valence-corrected chi connectivity index (χ0v) is 15.0. The molecule has 2 heterocycles. The Bertz CT molecular complexity index is 786. The third kappa shape index (κ3) is 3.12. The molecular formula is C21H23N3O3. The van der Waals surface area contributed by atoms with Crippen LogP contribution in [0.3, 0.4) is 0 Å². The fraction of sp³-hybridized carbons (Fsp3) is 0.333. The van der Waals surface area contributed by atoms with Gasteiger partial charge in [0.25, 0.3) is 0 Å². The van der Waals surface area contributed by atoms with E-state index in [1.807, 2.05) is 65.6 Å². The first-order valence-electron chi connectivity index (χ1n) is 9.28. The first-order valence-corrected chi connectivity index (χ1v) is 9.28. The van der Waals surface area contributed by atoms with Crippen molar-refractivity contribution in [1.82, 2.24) is 15.1 Å². The number of carboxylic acid groups (broad SMARTS) is 1. The molecule has 140 valence electrons. The number of carbonyl (C=O) groups excluding carboxylic acids is 1. The molecular weight excluding hydrogens is 342 g/mol. The van der Waals surface area contributed by atoms with E-state index in [0.717, 1.165) is 24.0 Å². The summed E-state index contributed by atoms with van der Waals surface area (Å²) >= 11 is 0. The number of benzene rings is 2. The van der Waals surface area contributed by atoms with Gasteiger partial charge < -0.3 is 20.2 Å². The number of amides is 3. The number of nitrogens with zero attached hydrogens (tertiary/aromatic N) is 2. The monoisotopic (exact) mass is 365 g/mol. The molecule has 2 aromatic carbocycles. The molecule has 2 fully saturated rings. The summed E-state index contributed by atoms with van der Waals surface area (Å²) in [6, 6.07) is 19.7. The number of piperidine rings is 1. The molecule has 0 aliphatic carbocycles. The first kappa shape index (κ1) is 17.4. The number of carbonyl (C=O) groups is 2. The third-order valence-corrected chi connectivity index (χ3v) is 5.63. The average molecular weight is 365 g/mol. The van der Waals surface area contributed by atoms with Crippen molar-refractivity contribution in [1.29, 1.82) is 0 Å². The van der Waals surface area contributed by atoms with Gasteiger partial charge in [0.05, 0.1) is 12.6 Å². The zero-order chi connectivity index (χ0) is 18.9. The van der Waals surface area contributed by atoms with E-state index in [1.54, 1.807) is 0 Å². The van der Waals surface area contributed by atoms with Gasteiger partial charge in [-0.05, 0) is 24.0 Å². The lowest BCUT2D eigenvalue weighted by atomic mass is 9.83. The van der Waals surface area contributed by atoms with Crippen molar-refractivity contribution in [3.63, 3.8) is 0 Å². The van der Waals surface area contributed by atoms with E-state index in [2.05, 4.69) is 5.32 Å². The molecule has 0 spiro atoms. The minimum atomic E-state index is -0.920. The summed E-state index contributed by atoms with van der Waals surface area (Å²) in [6.07, 6.45) is 0.665. The molecule has 2 aliphatic rings. The maximum Gasteiger partial charge on any atom is 0.407 e. The van der Waals surface area contributed by atoms with Crippen molar-refractivity contribution in [3.05, 3.63) is 71.8 Å². The van der Waals surface area contributed by atoms with E-state index in [9.17, 15) is 14.7 Å². The van der Waals surface area contributed by atoms with E-state index in [0.29, 0.717) is 19.6 Å². The van der Waals surface area contributed by atoms with E-state index >= 15 is 0 Å². The summed E-state index contributed by atoms with van der Waals surface area (Å²) in [6.45, 7) is 1.38. The van der Waals surface area contributed by atoms with Crippen molar-refractivity contribution in [3.8, 4) is 0 Å². The zero-order valence-electron chi connectivity index (χ0n) is 15.0. The van der Waals surface area contributed by atoms with Gasteiger partial charge in [-0.15, -0.1) is 0 Å². The molecule has 6 nitrogen and oxygen atoms in total. The molecule has 2 aliphatic heterocycles. The van der Waals surface area contributed by atoms with Crippen LogP contribution in [0.5, 0.6) is 0 Å². The fourth-order valence-corrected chi connectivity index (χ4v) is 4.24. The molecule has 1 atom stereocenters. The summed E-state index contributed by atoms with van der Waals surface area (Å²) in [7, 11) is 0. The highest BCUT2D eigenvalue weighted by Crippen LogP contribution is 2.36. The summed E-state index contributed by atoms with van der Waals surface area (Å²) in [5, 5.41) is 12.5. The molecule has 1 unspecified atom stereocenters. The van der Waals surface area contributed by atoms with Crippen LogP contribution < -0.4 is 5.32 Å². The lowest BCUT2D eigenvalue weighted by molar-refractivity contribution is 0.102. The van der Waals surface area contributed by atoms with Crippen LogP contribution >= 0.6 is 0 Å². The number of hydrogen-bond donors (Lipinski definition) is 2. The second kappa shape index (κ2) is 6.95. The molecule has 3 amide bonds.